The fraction of sp³-hybridized carbons (Fsp3) is 0.200. The minimum atomic E-state index is -1.18. The monoisotopic (exact) mass is 264 g/mol. The van der Waals surface area contributed by atoms with Gasteiger partial charge in [0.05, 0.1) is 12.2 Å². The van der Waals surface area contributed by atoms with Crippen molar-refractivity contribution in [2.24, 2.45) is 0 Å². The first-order valence-electron chi connectivity index (χ1n) is 5.94. The molecule has 0 aromatic heterocycles. The highest BCUT2D eigenvalue weighted by atomic mass is 19.1. The van der Waals surface area contributed by atoms with E-state index >= 15 is 0 Å². The van der Waals surface area contributed by atoms with Crippen LogP contribution in [-0.2, 0) is 0 Å². The van der Waals surface area contributed by atoms with E-state index in [0.717, 1.165) is 0 Å². The van der Waals surface area contributed by atoms with Crippen LogP contribution in [0.5, 0.6) is 0 Å². The second-order valence-electron chi connectivity index (χ2n) is 4.31. The molecule has 0 saturated carbocycles. The first-order chi connectivity index (χ1) is 9.09. The van der Waals surface area contributed by atoms with Gasteiger partial charge in [0.25, 0.3) is 0 Å². The predicted molar refractivity (Wildman–Crippen MR) is 67.3 cm³/mol. The quantitative estimate of drug-likeness (QED) is 0.890. The lowest BCUT2D eigenvalue weighted by molar-refractivity contribution is 0.0764. The summed E-state index contributed by atoms with van der Waals surface area (Å²) in [5.41, 5.74) is 0.191. The van der Waals surface area contributed by atoms with E-state index in [-0.39, 0.29) is 17.5 Å². The van der Waals surface area contributed by atoms with Gasteiger partial charge in [0.2, 0.25) is 0 Å². The summed E-state index contributed by atoms with van der Waals surface area (Å²) in [6.07, 6.45) is -2.53. The van der Waals surface area contributed by atoms with Gasteiger partial charge in [-0.3, -0.25) is 0 Å². The van der Waals surface area contributed by atoms with Crippen LogP contribution < -0.4 is 0 Å². The van der Waals surface area contributed by atoms with Gasteiger partial charge >= 0.3 is 0 Å². The minimum absolute atomic E-state index is 0.0953. The third kappa shape index (κ3) is 3.16. The Kier molecular flexibility index (Phi) is 4.24. The molecule has 0 amide bonds. The zero-order valence-corrected chi connectivity index (χ0v) is 10.1. The van der Waals surface area contributed by atoms with E-state index in [1.54, 1.807) is 12.1 Å². The lowest BCUT2D eigenvalue weighted by Crippen LogP contribution is -2.08. The SMILES string of the molecule is O[C@@H](C[C@H](O)c1ccccc1F)c1ccccc1F. The summed E-state index contributed by atoms with van der Waals surface area (Å²) in [5.74, 6) is -1.09. The molecule has 2 aromatic rings. The molecule has 2 atom stereocenters. The van der Waals surface area contributed by atoms with E-state index in [4.69, 9.17) is 0 Å². The molecule has 19 heavy (non-hydrogen) atoms. The number of aliphatic hydroxyl groups is 2. The molecule has 0 heterocycles. The zero-order valence-electron chi connectivity index (χ0n) is 10.1. The van der Waals surface area contributed by atoms with Crippen LogP contribution in [0.2, 0.25) is 0 Å². The molecule has 2 N–H and O–H groups in total. The lowest BCUT2D eigenvalue weighted by Gasteiger charge is -2.17. The standard InChI is InChI=1S/C15H14F2O2/c16-12-7-3-1-5-10(12)14(18)9-15(19)11-6-2-4-8-13(11)17/h1-8,14-15,18-19H,9H2/t14-,15-/m0/s1. The number of halogens is 2. The third-order valence-corrected chi connectivity index (χ3v) is 2.97. The average Bonchev–Trinajstić information content (AvgIpc) is 2.39. The molecule has 0 unspecified atom stereocenters. The number of aliphatic hydroxyl groups excluding tert-OH is 2. The van der Waals surface area contributed by atoms with Gasteiger partial charge < -0.3 is 10.2 Å². The Hall–Kier alpha value is -1.78. The number of benzene rings is 2. The first kappa shape index (κ1) is 13.6. The van der Waals surface area contributed by atoms with Crippen molar-refractivity contribution in [3.05, 3.63) is 71.3 Å². The fourth-order valence-corrected chi connectivity index (χ4v) is 1.96. The van der Waals surface area contributed by atoms with Crippen molar-refractivity contribution in [3.8, 4) is 0 Å². The number of rotatable bonds is 4. The lowest BCUT2D eigenvalue weighted by atomic mass is 9.98. The molecule has 0 aliphatic heterocycles. The van der Waals surface area contributed by atoms with Gasteiger partial charge in [0.1, 0.15) is 11.6 Å². The van der Waals surface area contributed by atoms with Gasteiger partial charge in [-0.2, -0.15) is 0 Å². The molecule has 0 fully saturated rings. The summed E-state index contributed by atoms with van der Waals surface area (Å²) in [5, 5.41) is 19.8. The highest BCUT2D eigenvalue weighted by Gasteiger charge is 2.19. The van der Waals surface area contributed by atoms with Crippen LogP contribution in [0.25, 0.3) is 0 Å². The van der Waals surface area contributed by atoms with Gasteiger partial charge in [-0.25, -0.2) is 8.78 Å². The van der Waals surface area contributed by atoms with Crippen LogP contribution in [0.3, 0.4) is 0 Å². The topological polar surface area (TPSA) is 40.5 Å². The molecule has 0 spiro atoms. The van der Waals surface area contributed by atoms with Crippen molar-refractivity contribution in [1.29, 1.82) is 0 Å². The van der Waals surface area contributed by atoms with E-state index in [2.05, 4.69) is 0 Å². The summed E-state index contributed by atoms with van der Waals surface area (Å²) in [6, 6.07) is 11.6. The second kappa shape index (κ2) is 5.91. The molecule has 0 saturated heterocycles. The van der Waals surface area contributed by atoms with Gasteiger partial charge in [-0.15, -0.1) is 0 Å². The van der Waals surface area contributed by atoms with Crippen molar-refractivity contribution in [3.63, 3.8) is 0 Å². The molecule has 2 nitrogen and oxygen atoms in total. The predicted octanol–water partition coefficient (Wildman–Crippen LogP) is 3.12. The molecule has 0 bridgehead atoms. The number of hydrogen-bond acceptors (Lipinski definition) is 2. The van der Waals surface area contributed by atoms with E-state index in [0.29, 0.717) is 0 Å². The average molecular weight is 264 g/mol. The van der Waals surface area contributed by atoms with Crippen molar-refractivity contribution in [1.82, 2.24) is 0 Å². The normalized spacial score (nSPS) is 14.1. The van der Waals surface area contributed by atoms with Gasteiger partial charge in [-0.1, -0.05) is 36.4 Å². The van der Waals surface area contributed by atoms with E-state index in [1.807, 2.05) is 0 Å². The molecular weight excluding hydrogens is 250 g/mol. The van der Waals surface area contributed by atoms with E-state index < -0.39 is 23.8 Å². The molecular formula is C15H14F2O2. The van der Waals surface area contributed by atoms with E-state index in [9.17, 15) is 19.0 Å². The summed E-state index contributed by atoms with van der Waals surface area (Å²) in [7, 11) is 0. The van der Waals surface area contributed by atoms with Crippen LogP contribution in [-0.4, -0.2) is 10.2 Å². The molecule has 2 aromatic carbocycles. The summed E-state index contributed by atoms with van der Waals surface area (Å²) in [4.78, 5) is 0. The summed E-state index contributed by atoms with van der Waals surface area (Å²) >= 11 is 0. The Morgan fingerprint density at radius 1 is 0.737 bits per heavy atom. The maximum absolute atomic E-state index is 13.5. The van der Waals surface area contributed by atoms with Gasteiger partial charge in [0, 0.05) is 17.5 Å². The molecule has 0 radical (unpaired) electrons. The Morgan fingerprint density at radius 2 is 1.11 bits per heavy atom. The van der Waals surface area contributed by atoms with Crippen molar-refractivity contribution in [2.75, 3.05) is 0 Å². The molecule has 2 rings (SSSR count). The summed E-state index contributed by atoms with van der Waals surface area (Å²) < 4.78 is 26.9. The second-order valence-corrected chi connectivity index (χ2v) is 4.31. The van der Waals surface area contributed by atoms with Crippen molar-refractivity contribution >= 4 is 0 Å². The molecule has 4 heteroatoms. The highest BCUT2D eigenvalue weighted by Crippen LogP contribution is 2.28. The maximum Gasteiger partial charge on any atom is 0.129 e. The zero-order chi connectivity index (χ0) is 13.8. The molecule has 100 valence electrons. The Bertz CT molecular complexity index is 508. The Labute approximate surface area is 110 Å². The summed E-state index contributed by atoms with van der Waals surface area (Å²) in [6.45, 7) is 0. The fourth-order valence-electron chi connectivity index (χ4n) is 1.96. The third-order valence-electron chi connectivity index (χ3n) is 2.97. The van der Waals surface area contributed by atoms with Crippen LogP contribution in [0.4, 0.5) is 8.78 Å². The maximum atomic E-state index is 13.5. The van der Waals surface area contributed by atoms with Crippen LogP contribution in [0, 0.1) is 11.6 Å². The highest BCUT2D eigenvalue weighted by molar-refractivity contribution is 5.23. The van der Waals surface area contributed by atoms with Crippen LogP contribution in [0.1, 0.15) is 29.8 Å². The molecule has 0 aliphatic rings. The van der Waals surface area contributed by atoms with Crippen molar-refractivity contribution in [2.45, 2.75) is 18.6 Å². The van der Waals surface area contributed by atoms with Crippen LogP contribution >= 0.6 is 0 Å². The Balaban J connectivity index is 2.13. The van der Waals surface area contributed by atoms with Crippen LogP contribution in [0.15, 0.2) is 48.5 Å². The largest absolute Gasteiger partial charge is 0.388 e. The number of hydrogen-bond donors (Lipinski definition) is 2. The van der Waals surface area contributed by atoms with Crippen molar-refractivity contribution < 1.29 is 19.0 Å². The molecule has 0 aliphatic carbocycles. The minimum Gasteiger partial charge on any atom is -0.388 e. The smallest absolute Gasteiger partial charge is 0.129 e. The van der Waals surface area contributed by atoms with Gasteiger partial charge in [0.15, 0.2) is 0 Å². The van der Waals surface area contributed by atoms with E-state index in [1.165, 1.54) is 36.4 Å². The van der Waals surface area contributed by atoms with Gasteiger partial charge in [-0.05, 0) is 12.1 Å². The first-order valence-corrected chi connectivity index (χ1v) is 5.94. The Morgan fingerprint density at radius 3 is 1.47 bits per heavy atom.